The molecule has 104 valence electrons. The topological polar surface area (TPSA) is 12.5 Å². The van der Waals surface area contributed by atoms with E-state index >= 15 is 0 Å². The van der Waals surface area contributed by atoms with Crippen molar-refractivity contribution in [2.24, 2.45) is 0 Å². The van der Waals surface area contributed by atoms with E-state index in [-0.39, 0.29) is 0 Å². The molecule has 3 aromatic rings. The minimum absolute atomic E-state index is 0.861. The molecule has 2 nitrogen and oxygen atoms in total. The molecule has 3 rings (SSSR count). The number of rotatable bonds is 4. The third-order valence-corrected chi connectivity index (χ3v) is 3.36. The molecule has 0 bridgehead atoms. The van der Waals surface area contributed by atoms with E-state index < -0.39 is 0 Å². The minimum atomic E-state index is 0.861. The van der Waals surface area contributed by atoms with Gasteiger partial charge < -0.3 is 9.64 Å². The highest BCUT2D eigenvalue weighted by Gasteiger charge is 2.11. The SMILES string of the molecule is COc1ccc(N(c2ccccc2)c2ccccc2)cc1. The van der Waals surface area contributed by atoms with E-state index in [2.05, 4.69) is 65.6 Å². The fourth-order valence-electron chi connectivity index (χ4n) is 2.33. The van der Waals surface area contributed by atoms with Crippen molar-refractivity contribution in [3.63, 3.8) is 0 Å². The maximum absolute atomic E-state index is 5.24. The summed E-state index contributed by atoms with van der Waals surface area (Å²) in [6.07, 6.45) is 0. The summed E-state index contributed by atoms with van der Waals surface area (Å²) in [6, 6.07) is 28.8. The predicted molar refractivity (Wildman–Crippen MR) is 87.7 cm³/mol. The van der Waals surface area contributed by atoms with Crippen LogP contribution in [0, 0.1) is 0 Å². The molecule has 0 fully saturated rings. The zero-order valence-electron chi connectivity index (χ0n) is 11.9. The Bertz CT molecular complexity index is 638. The Morgan fingerprint density at radius 1 is 0.571 bits per heavy atom. The van der Waals surface area contributed by atoms with Crippen LogP contribution in [0.4, 0.5) is 17.1 Å². The zero-order chi connectivity index (χ0) is 14.5. The number of para-hydroxylation sites is 2. The second-order valence-electron chi connectivity index (χ2n) is 4.70. The molecule has 0 heterocycles. The van der Waals surface area contributed by atoms with Gasteiger partial charge in [-0.25, -0.2) is 0 Å². The lowest BCUT2D eigenvalue weighted by Crippen LogP contribution is -2.09. The first-order valence-corrected chi connectivity index (χ1v) is 6.93. The first kappa shape index (κ1) is 13.3. The summed E-state index contributed by atoms with van der Waals surface area (Å²) in [5.74, 6) is 0.861. The van der Waals surface area contributed by atoms with E-state index in [1.54, 1.807) is 7.11 Å². The molecule has 0 aromatic heterocycles. The molecule has 0 spiro atoms. The summed E-state index contributed by atoms with van der Waals surface area (Å²) in [4.78, 5) is 2.22. The number of anilines is 3. The Kier molecular flexibility index (Phi) is 3.88. The average molecular weight is 275 g/mol. The van der Waals surface area contributed by atoms with Gasteiger partial charge in [0.05, 0.1) is 7.11 Å². The van der Waals surface area contributed by atoms with Gasteiger partial charge in [-0.1, -0.05) is 36.4 Å². The molecular formula is C19H17NO. The second-order valence-corrected chi connectivity index (χ2v) is 4.70. The lowest BCUT2D eigenvalue weighted by atomic mass is 10.2. The largest absolute Gasteiger partial charge is 0.497 e. The molecule has 0 atom stereocenters. The molecule has 0 amide bonds. The van der Waals surface area contributed by atoms with Gasteiger partial charge in [0.25, 0.3) is 0 Å². The molecule has 0 aliphatic carbocycles. The van der Waals surface area contributed by atoms with Crippen LogP contribution in [-0.4, -0.2) is 7.11 Å². The number of methoxy groups -OCH3 is 1. The van der Waals surface area contributed by atoms with E-state index in [1.807, 2.05) is 24.3 Å². The van der Waals surface area contributed by atoms with Crippen LogP contribution in [-0.2, 0) is 0 Å². The monoisotopic (exact) mass is 275 g/mol. The lowest BCUT2D eigenvalue weighted by molar-refractivity contribution is 0.415. The van der Waals surface area contributed by atoms with Gasteiger partial charge in [0.15, 0.2) is 0 Å². The molecule has 2 heteroatoms. The van der Waals surface area contributed by atoms with Crippen molar-refractivity contribution in [3.05, 3.63) is 84.9 Å². The first-order valence-electron chi connectivity index (χ1n) is 6.93. The van der Waals surface area contributed by atoms with Gasteiger partial charge in [-0.2, -0.15) is 0 Å². The van der Waals surface area contributed by atoms with Gasteiger partial charge in [0, 0.05) is 17.1 Å². The van der Waals surface area contributed by atoms with Crippen molar-refractivity contribution >= 4 is 17.1 Å². The van der Waals surface area contributed by atoms with Gasteiger partial charge in [0.1, 0.15) is 5.75 Å². The fraction of sp³-hybridized carbons (Fsp3) is 0.0526. The Hall–Kier alpha value is -2.74. The van der Waals surface area contributed by atoms with Crippen LogP contribution in [0.5, 0.6) is 5.75 Å². The van der Waals surface area contributed by atoms with Crippen molar-refractivity contribution in [1.82, 2.24) is 0 Å². The summed E-state index contributed by atoms with van der Waals surface area (Å²) in [7, 11) is 1.68. The van der Waals surface area contributed by atoms with Crippen LogP contribution in [0.3, 0.4) is 0 Å². The predicted octanol–water partition coefficient (Wildman–Crippen LogP) is 5.17. The molecule has 0 aliphatic heterocycles. The highest BCUT2D eigenvalue weighted by Crippen LogP contribution is 2.34. The molecular weight excluding hydrogens is 258 g/mol. The van der Waals surface area contributed by atoms with Gasteiger partial charge in [-0.15, -0.1) is 0 Å². The van der Waals surface area contributed by atoms with Gasteiger partial charge in [-0.3, -0.25) is 0 Å². The molecule has 0 saturated heterocycles. The standard InChI is InChI=1S/C19H17NO/c1-21-19-14-12-18(13-15-19)20(16-8-4-2-5-9-16)17-10-6-3-7-11-17/h2-15H,1H3. The van der Waals surface area contributed by atoms with E-state index in [1.165, 1.54) is 0 Å². The van der Waals surface area contributed by atoms with E-state index in [0.717, 1.165) is 22.8 Å². The first-order chi connectivity index (χ1) is 10.4. The quantitative estimate of drug-likeness (QED) is 0.651. The highest BCUT2D eigenvalue weighted by atomic mass is 16.5. The Balaban J connectivity index is 2.07. The van der Waals surface area contributed by atoms with Gasteiger partial charge in [-0.05, 0) is 48.5 Å². The van der Waals surface area contributed by atoms with Crippen molar-refractivity contribution in [1.29, 1.82) is 0 Å². The zero-order valence-corrected chi connectivity index (χ0v) is 11.9. The number of hydrogen-bond acceptors (Lipinski definition) is 2. The van der Waals surface area contributed by atoms with Crippen molar-refractivity contribution in [3.8, 4) is 5.75 Å². The van der Waals surface area contributed by atoms with E-state index in [4.69, 9.17) is 4.74 Å². The van der Waals surface area contributed by atoms with Crippen LogP contribution in [0.1, 0.15) is 0 Å². The highest BCUT2D eigenvalue weighted by molar-refractivity contribution is 5.76. The second kappa shape index (κ2) is 6.14. The third kappa shape index (κ3) is 2.90. The molecule has 0 radical (unpaired) electrons. The third-order valence-electron chi connectivity index (χ3n) is 3.36. The van der Waals surface area contributed by atoms with Crippen LogP contribution >= 0.6 is 0 Å². The Morgan fingerprint density at radius 3 is 1.43 bits per heavy atom. The molecule has 0 aliphatic rings. The summed E-state index contributed by atoms with van der Waals surface area (Å²) in [5, 5.41) is 0. The number of ether oxygens (including phenoxy) is 1. The summed E-state index contributed by atoms with van der Waals surface area (Å²) in [6.45, 7) is 0. The number of nitrogens with zero attached hydrogens (tertiary/aromatic N) is 1. The molecule has 3 aromatic carbocycles. The van der Waals surface area contributed by atoms with E-state index in [0.29, 0.717) is 0 Å². The number of hydrogen-bond donors (Lipinski definition) is 0. The van der Waals surface area contributed by atoms with Gasteiger partial charge in [0.2, 0.25) is 0 Å². The fourth-order valence-corrected chi connectivity index (χ4v) is 2.33. The van der Waals surface area contributed by atoms with Crippen LogP contribution < -0.4 is 9.64 Å². The lowest BCUT2D eigenvalue weighted by Gasteiger charge is -2.25. The molecule has 0 N–H and O–H groups in total. The summed E-state index contributed by atoms with van der Waals surface area (Å²) in [5.41, 5.74) is 3.37. The Labute approximate surface area is 125 Å². The van der Waals surface area contributed by atoms with E-state index in [9.17, 15) is 0 Å². The summed E-state index contributed by atoms with van der Waals surface area (Å²) < 4.78 is 5.24. The van der Waals surface area contributed by atoms with Crippen LogP contribution in [0.2, 0.25) is 0 Å². The number of benzene rings is 3. The normalized spacial score (nSPS) is 10.1. The molecule has 0 unspecified atom stereocenters. The minimum Gasteiger partial charge on any atom is -0.497 e. The maximum atomic E-state index is 5.24. The smallest absolute Gasteiger partial charge is 0.119 e. The molecule has 0 saturated carbocycles. The average Bonchev–Trinajstić information content (AvgIpc) is 2.58. The summed E-state index contributed by atoms with van der Waals surface area (Å²) >= 11 is 0. The van der Waals surface area contributed by atoms with Crippen molar-refractivity contribution in [2.45, 2.75) is 0 Å². The van der Waals surface area contributed by atoms with Crippen LogP contribution in [0.25, 0.3) is 0 Å². The maximum Gasteiger partial charge on any atom is 0.119 e. The van der Waals surface area contributed by atoms with Crippen LogP contribution in [0.15, 0.2) is 84.9 Å². The van der Waals surface area contributed by atoms with Gasteiger partial charge >= 0.3 is 0 Å². The molecule has 21 heavy (non-hydrogen) atoms. The van der Waals surface area contributed by atoms with Crippen molar-refractivity contribution in [2.75, 3.05) is 12.0 Å². The Morgan fingerprint density at radius 2 is 1.00 bits per heavy atom. The van der Waals surface area contributed by atoms with Crippen molar-refractivity contribution < 1.29 is 4.74 Å².